The second-order valence-electron chi connectivity index (χ2n) is 9.48. The molecule has 234 valence electrons. The Hall–Kier alpha value is -3.68. The molecule has 0 spiro atoms. The fourth-order valence-electron chi connectivity index (χ4n) is 4.05. The second kappa shape index (κ2) is 16.6. The van der Waals surface area contributed by atoms with Gasteiger partial charge in [-0.1, -0.05) is 30.3 Å². The van der Waals surface area contributed by atoms with Crippen LogP contribution >= 0.6 is 0 Å². The third-order valence-corrected chi connectivity index (χ3v) is 7.98. The molecular weight excluding hydrogens is 682 g/mol. The van der Waals surface area contributed by atoms with Crippen molar-refractivity contribution < 1.29 is 95.3 Å². The minimum atomic E-state index is -4.90. The minimum Gasteiger partial charge on any atom is -0.744 e. The molecule has 0 heterocycles. The number of nitrogens with one attached hydrogen (secondary N) is 2. The molecule has 5 aromatic carbocycles. The van der Waals surface area contributed by atoms with Crippen LogP contribution in [0.5, 0.6) is 11.5 Å². The van der Waals surface area contributed by atoms with Crippen LogP contribution < -0.4 is 69.7 Å². The summed E-state index contributed by atoms with van der Waals surface area (Å²) >= 11 is 0. The summed E-state index contributed by atoms with van der Waals surface area (Å²) in [6.07, 6.45) is 0. The number of anilines is 4. The quantitative estimate of drug-likeness (QED) is 0.0923. The number of para-hydroxylation sites is 2. The molecule has 0 aliphatic carbocycles. The van der Waals surface area contributed by atoms with Gasteiger partial charge in [-0.2, -0.15) is 10.2 Å². The molecule has 0 fully saturated rings. The average molecular weight is 705 g/mol. The summed E-state index contributed by atoms with van der Waals surface area (Å²) in [6, 6.07) is 26.5. The van der Waals surface area contributed by atoms with E-state index in [4.69, 9.17) is 0 Å². The predicted molar refractivity (Wildman–Crippen MR) is 166 cm³/mol. The number of hydrogen-bond acceptors (Lipinski definition) is 14. The summed E-state index contributed by atoms with van der Waals surface area (Å²) in [5.74, 6) is -0.889. The van der Waals surface area contributed by atoms with Crippen molar-refractivity contribution in [3.05, 3.63) is 109 Å². The number of hydrogen-bond donors (Lipinski definition) is 4. The Balaban J connectivity index is 0.00000312. The van der Waals surface area contributed by atoms with Gasteiger partial charge in [0.25, 0.3) is 0 Å². The van der Waals surface area contributed by atoms with Crippen LogP contribution in [0.3, 0.4) is 0 Å². The molecule has 0 amide bonds. The van der Waals surface area contributed by atoms with Gasteiger partial charge in [0.1, 0.15) is 43.1 Å². The van der Waals surface area contributed by atoms with Crippen LogP contribution in [0.2, 0.25) is 0 Å². The topological polar surface area (TPSA) is 228 Å². The van der Waals surface area contributed by atoms with Gasteiger partial charge in [-0.15, -0.1) is 10.2 Å². The first kappa shape index (κ1) is 38.8. The van der Waals surface area contributed by atoms with Gasteiger partial charge in [-0.05, 0) is 66.7 Å². The Bertz CT molecular complexity index is 2190. The molecular formula is C30H22N6Na2O8S2. The second-order valence-corrected chi connectivity index (χ2v) is 12.2. The number of nitrogens with zero attached hydrogens (tertiary/aromatic N) is 4. The predicted octanol–water partition coefficient (Wildman–Crippen LogP) is 1.23. The van der Waals surface area contributed by atoms with Gasteiger partial charge >= 0.3 is 59.1 Å². The summed E-state index contributed by atoms with van der Waals surface area (Å²) in [4.78, 5) is -0.958. The van der Waals surface area contributed by atoms with Crippen molar-refractivity contribution in [1.29, 1.82) is 0 Å². The zero-order chi connectivity index (χ0) is 32.9. The molecule has 48 heavy (non-hydrogen) atoms. The van der Waals surface area contributed by atoms with Crippen molar-refractivity contribution in [2.45, 2.75) is 9.79 Å². The van der Waals surface area contributed by atoms with E-state index in [1.807, 2.05) is 0 Å². The van der Waals surface area contributed by atoms with Crippen molar-refractivity contribution in [2.24, 2.45) is 20.5 Å². The Morgan fingerprint density at radius 3 is 1.56 bits per heavy atom. The number of phenols is 2. The minimum absolute atomic E-state index is 0. The summed E-state index contributed by atoms with van der Waals surface area (Å²) in [6.45, 7) is 0. The van der Waals surface area contributed by atoms with E-state index < -0.39 is 41.5 Å². The first-order valence-electron chi connectivity index (χ1n) is 13.1. The molecule has 18 heteroatoms. The van der Waals surface area contributed by atoms with Crippen molar-refractivity contribution in [3.8, 4) is 11.5 Å². The summed E-state index contributed by atoms with van der Waals surface area (Å²) in [5, 5.41) is 42.2. The molecule has 0 unspecified atom stereocenters. The maximum Gasteiger partial charge on any atom is 1.00 e. The zero-order valence-corrected chi connectivity index (χ0v) is 31.0. The van der Waals surface area contributed by atoms with E-state index in [1.165, 1.54) is 48.5 Å². The van der Waals surface area contributed by atoms with Gasteiger partial charge < -0.3 is 30.0 Å². The average Bonchev–Trinajstić information content (AvgIpc) is 3.01. The van der Waals surface area contributed by atoms with Crippen molar-refractivity contribution >= 4 is 65.7 Å². The molecule has 0 radical (unpaired) electrons. The Morgan fingerprint density at radius 2 is 0.979 bits per heavy atom. The van der Waals surface area contributed by atoms with Gasteiger partial charge in [0.2, 0.25) is 0 Å². The van der Waals surface area contributed by atoms with Crippen molar-refractivity contribution in [2.75, 3.05) is 10.6 Å². The summed E-state index contributed by atoms with van der Waals surface area (Å²) in [7, 11) is -9.60. The molecule has 0 aliphatic heterocycles. The molecule has 0 atom stereocenters. The first-order chi connectivity index (χ1) is 21.9. The molecule has 0 aromatic heterocycles. The normalized spacial score (nSPS) is 11.5. The monoisotopic (exact) mass is 704 g/mol. The smallest absolute Gasteiger partial charge is 0.744 e. The van der Waals surface area contributed by atoms with E-state index in [0.29, 0.717) is 17.1 Å². The van der Waals surface area contributed by atoms with Gasteiger partial charge in [-0.3, -0.25) is 0 Å². The zero-order valence-electron chi connectivity index (χ0n) is 25.3. The molecule has 5 rings (SSSR count). The van der Waals surface area contributed by atoms with Crippen LogP contribution in [-0.2, 0) is 20.2 Å². The van der Waals surface area contributed by atoms with Crippen molar-refractivity contribution in [3.63, 3.8) is 0 Å². The standard InChI is InChI=1S/C30H24N6O8S2.2Na/c37-27-18-28(38)26(36-34-22-14-15-24(30(16-22)46(42,43)44)31-19-6-2-1-3-7-19)17-25(27)35-33-21-12-10-20(11-13-21)32-23-8-4-5-9-29(23)45(39,40)41;;/h1-18,31-32,37-38H,(H,39,40,41)(H,42,43,44);;/q;2*+1/p-2. The van der Waals surface area contributed by atoms with Gasteiger partial charge in [0.05, 0.1) is 32.5 Å². The third kappa shape index (κ3) is 10.2. The van der Waals surface area contributed by atoms with Crippen LogP contribution in [-0.4, -0.2) is 36.2 Å². The van der Waals surface area contributed by atoms with Gasteiger partial charge in [-0.25, -0.2) is 16.8 Å². The van der Waals surface area contributed by atoms with Crippen LogP contribution in [0.4, 0.5) is 45.5 Å². The molecule has 0 saturated heterocycles. The molecule has 14 nitrogen and oxygen atoms in total. The Morgan fingerprint density at radius 1 is 0.500 bits per heavy atom. The molecule has 0 aliphatic rings. The molecule has 0 bridgehead atoms. The van der Waals surface area contributed by atoms with Crippen LogP contribution in [0.25, 0.3) is 0 Å². The van der Waals surface area contributed by atoms with Crippen LogP contribution in [0, 0.1) is 0 Å². The summed E-state index contributed by atoms with van der Waals surface area (Å²) < 4.78 is 70.4. The maximum atomic E-state index is 12.0. The molecule has 5 aromatic rings. The van der Waals surface area contributed by atoms with E-state index in [-0.39, 0.29) is 87.6 Å². The number of rotatable bonds is 10. The van der Waals surface area contributed by atoms with Crippen LogP contribution in [0.15, 0.2) is 139 Å². The first-order valence-corrected chi connectivity index (χ1v) is 15.9. The number of azo groups is 2. The Labute approximate surface area is 319 Å². The number of phenolic OH excluding ortho intramolecular Hbond substituents is 2. The fraction of sp³-hybridized carbons (Fsp3) is 0. The number of aromatic hydroxyl groups is 2. The van der Waals surface area contributed by atoms with E-state index in [1.54, 1.807) is 48.5 Å². The number of benzene rings is 5. The SMILES string of the molecule is O=S(=O)([O-])c1ccccc1Nc1ccc(N=Nc2cc(N=Nc3ccc(Nc4ccccc4)c(S(=O)(=O)[O-])c3)c(O)cc2O)cc1.[Na+].[Na+]. The largest absolute Gasteiger partial charge is 1.00 e. The molecule has 4 N–H and O–H groups in total. The fourth-order valence-corrected chi connectivity index (χ4v) is 5.34. The maximum absolute atomic E-state index is 12.0. The third-order valence-electron chi connectivity index (χ3n) is 6.21. The van der Waals surface area contributed by atoms with Gasteiger partial charge in [0.15, 0.2) is 0 Å². The van der Waals surface area contributed by atoms with E-state index in [2.05, 4.69) is 31.1 Å². The van der Waals surface area contributed by atoms with Crippen molar-refractivity contribution in [1.82, 2.24) is 0 Å². The van der Waals surface area contributed by atoms with E-state index in [9.17, 15) is 36.2 Å². The molecule has 0 saturated carbocycles. The Kier molecular flexibility index (Phi) is 13.4. The van der Waals surface area contributed by atoms with E-state index in [0.717, 1.165) is 12.1 Å². The summed E-state index contributed by atoms with van der Waals surface area (Å²) in [5.41, 5.74) is 1.26. The van der Waals surface area contributed by atoms with Crippen LogP contribution in [0.1, 0.15) is 0 Å². The van der Waals surface area contributed by atoms with E-state index >= 15 is 0 Å². The van der Waals surface area contributed by atoms with Gasteiger partial charge in [0, 0.05) is 23.5 Å².